The van der Waals surface area contributed by atoms with E-state index in [0.717, 1.165) is 21.8 Å². The number of nitriles is 1. The molecule has 0 aliphatic heterocycles. The molecule has 0 aliphatic carbocycles. The first kappa shape index (κ1) is 17.2. The summed E-state index contributed by atoms with van der Waals surface area (Å²) >= 11 is 1.65. The Hall–Kier alpha value is -2.13. The third kappa shape index (κ3) is 4.42. The maximum absolute atomic E-state index is 12.1. The quantitative estimate of drug-likeness (QED) is 0.847. The predicted molar refractivity (Wildman–Crippen MR) is 91.1 cm³/mol. The number of carbonyl (C=O) groups is 1. The molecular formula is C17H22N4OS. The summed E-state index contributed by atoms with van der Waals surface area (Å²) in [6, 6.07) is 6.20. The lowest BCUT2D eigenvalue weighted by Crippen LogP contribution is -2.26. The van der Waals surface area contributed by atoms with Crippen molar-refractivity contribution in [3.05, 3.63) is 39.3 Å². The number of aromatic nitrogens is 2. The van der Waals surface area contributed by atoms with Gasteiger partial charge in [-0.05, 0) is 44.2 Å². The van der Waals surface area contributed by atoms with Gasteiger partial charge in [0.25, 0.3) is 0 Å². The average Bonchev–Trinajstić information content (AvgIpc) is 3.13. The van der Waals surface area contributed by atoms with E-state index in [0.29, 0.717) is 25.8 Å². The molecule has 1 amide bonds. The second-order valence-electron chi connectivity index (χ2n) is 5.59. The fraction of sp³-hybridized carbons (Fsp3) is 0.471. The van der Waals surface area contributed by atoms with Crippen LogP contribution in [0.4, 0.5) is 0 Å². The van der Waals surface area contributed by atoms with Gasteiger partial charge in [-0.3, -0.25) is 9.48 Å². The van der Waals surface area contributed by atoms with Gasteiger partial charge in [0.05, 0.1) is 30.8 Å². The van der Waals surface area contributed by atoms with Crippen molar-refractivity contribution in [1.29, 1.82) is 5.26 Å². The lowest BCUT2D eigenvalue weighted by molar-refractivity contribution is -0.121. The van der Waals surface area contributed by atoms with Crippen molar-refractivity contribution in [1.82, 2.24) is 15.1 Å². The third-order valence-electron chi connectivity index (χ3n) is 3.92. The topological polar surface area (TPSA) is 70.7 Å². The molecule has 0 radical (unpaired) electrons. The van der Waals surface area contributed by atoms with Crippen molar-refractivity contribution < 1.29 is 4.79 Å². The van der Waals surface area contributed by atoms with Gasteiger partial charge in [-0.25, -0.2) is 0 Å². The number of carbonyl (C=O) groups excluding carboxylic acids is 1. The van der Waals surface area contributed by atoms with Crippen LogP contribution in [0.15, 0.2) is 17.5 Å². The highest BCUT2D eigenvalue weighted by Crippen LogP contribution is 2.19. The Kier molecular flexibility index (Phi) is 5.94. The summed E-state index contributed by atoms with van der Waals surface area (Å²) < 4.78 is 1.86. The zero-order valence-corrected chi connectivity index (χ0v) is 14.6. The molecule has 0 bridgehead atoms. The maximum atomic E-state index is 12.1. The van der Waals surface area contributed by atoms with E-state index in [-0.39, 0.29) is 11.9 Å². The summed E-state index contributed by atoms with van der Waals surface area (Å²) in [6.07, 6.45) is 1.56. The Morgan fingerprint density at radius 3 is 2.96 bits per heavy atom. The maximum Gasteiger partial charge on any atom is 0.220 e. The number of hydrogen-bond donors (Lipinski definition) is 1. The van der Waals surface area contributed by atoms with E-state index in [2.05, 4.69) is 16.5 Å². The highest BCUT2D eigenvalue weighted by molar-refractivity contribution is 7.10. The summed E-state index contributed by atoms with van der Waals surface area (Å²) in [5.41, 5.74) is 3.11. The highest BCUT2D eigenvalue weighted by atomic mass is 32.1. The lowest BCUT2D eigenvalue weighted by atomic mass is 10.1. The van der Waals surface area contributed by atoms with Crippen LogP contribution in [-0.2, 0) is 17.8 Å². The average molecular weight is 330 g/mol. The molecule has 2 rings (SSSR count). The van der Waals surface area contributed by atoms with Crippen LogP contribution in [0.5, 0.6) is 0 Å². The summed E-state index contributed by atoms with van der Waals surface area (Å²) in [5.74, 6) is 0.0504. The SMILES string of the molecule is Cc1nn(CCC#N)c(C)c1CCC(=O)NC(C)c1cccs1. The number of aryl methyl sites for hydroxylation is 2. The number of amides is 1. The van der Waals surface area contributed by atoms with Crippen LogP contribution in [0.1, 0.15) is 47.6 Å². The number of nitrogens with zero attached hydrogens (tertiary/aromatic N) is 3. The van der Waals surface area contributed by atoms with Crippen molar-refractivity contribution in [3.63, 3.8) is 0 Å². The monoisotopic (exact) mass is 330 g/mol. The third-order valence-corrected chi connectivity index (χ3v) is 4.97. The van der Waals surface area contributed by atoms with E-state index >= 15 is 0 Å². The van der Waals surface area contributed by atoms with Gasteiger partial charge in [0, 0.05) is 17.0 Å². The van der Waals surface area contributed by atoms with E-state index in [1.54, 1.807) is 11.3 Å². The highest BCUT2D eigenvalue weighted by Gasteiger charge is 2.14. The molecule has 0 fully saturated rings. The van der Waals surface area contributed by atoms with Crippen LogP contribution in [0.25, 0.3) is 0 Å². The van der Waals surface area contributed by atoms with Gasteiger partial charge in [0.2, 0.25) is 5.91 Å². The molecule has 5 nitrogen and oxygen atoms in total. The molecule has 0 saturated carbocycles. The van der Waals surface area contributed by atoms with E-state index in [4.69, 9.17) is 5.26 Å². The van der Waals surface area contributed by atoms with Gasteiger partial charge in [-0.15, -0.1) is 11.3 Å². The van der Waals surface area contributed by atoms with Crippen LogP contribution in [-0.4, -0.2) is 15.7 Å². The first-order chi connectivity index (χ1) is 11.0. The smallest absolute Gasteiger partial charge is 0.220 e. The molecule has 23 heavy (non-hydrogen) atoms. The fourth-order valence-corrected chi connectivity index (χ4v) is 3.36. The Bertz CT molecular complexity index is 697. The number of hydrogen-bond acceptors (Lipinski definition) is 4. The summed E-state index contributed by atoms with van der Waals surface area (Å²) in [5, 5.41) is 18.2. The normalized spacial score (nSPS) is 11.9. The molecule has 122 valence electrons. The minimum absolute atomic E-state index is 0.0445. The van der Waals surface area contributed by atoms with Crippen molar-refractivity contribution in [2.24, 2.45) is 0 Å². The molecule has 1 N–H and O–H groups in total. The van der Waals surface area contributed by atoms with Gasteiger partial charge in [0.15, 0.2) is 0 Å². The molecule has 6 heteroatoms. The second kappa shape index (κ2) is 7.93. The van der Waals surface area contributed by atoms with Crippen LogP contribution < -0.4 is 5.32 Å². The minimum Gasteiger partial charge on any atom is -0.349 e. The van der Waals surface area contributed by atoms with Crippen LogP contribution in [0.3, 0.4) is 0 Å². The molecule has 2 aromatic heterocycles. The van der Waals surface area contributed by atoms with E-state index < -0.39 is 0 Å². The van der Waals surface area contributed by atoms with Gasteiger partial charge in [0.1, 0.15) is 0 Å². The number of nitrogens with one attached hydrogen (secondary N) is 1. The second-order valence-corrected chi connectivity index (χ2v) is 6.56. The molecule has 0 aliphatic rings. The number of rotatable bonds is 7. The molecule has 0 saturated heterocycles. The van der Waals surface area contributed by atoms with Gasteiger partial charge >= 0.3 is 0 Å². The van der Waals surface area contributed by atoms with E-state index in [1.807, 2.05) is 43.0 Å². The molecule has 2 aromatic rings. The fourth-order valence-electron chi connectivity index (χ4n) is 2.63. The van der Waals surface area contributed by atoms with Crippen molar-refractivity contribution >= 4 is 17.2 Å². The molecule has 1 atom stereocenters. The first-order valence-electron chi connectivity index (χ1n) is 7.75. The number of thiophene rings is 1. The van der Waals surface area contributed by atoms with E-state index in [9.17, 15) is 4.79 Å². The van der Waals surface area contributed by atoms with Crippen molar-refractivity contribution in [2.75, 3.05) is 0 Å². The summed E-state index contributed by atoms with van der Waals surface area (Å²) in [7, 11) is 0. The Morgan fingerprint density at radius 1 is 1.52 bits per heavy atom. The Labute approximate surface area is 140 Å². The molecule has 1 unspecified atom stereocenters. The van der Waals surface area contributed by atoms with E-state index in [1.165, 1.54) is 0 Å². The zero-order valence-electron chi connectivity index (χ0n) is 13.8. The Morgan fingerprint density at radius 2 is 2.30 bits per heavy atom. The predicted octanol–water partition coefficient (Wildman–Crippen LogP) is 3.29. The summed E-state index contributed by atoms with van der Waals surface area (Å²) in [6.45, 7) is 6.56. The summed E-state index contributed by atoms with van der Waals surface area (Å²) in [4.78, 5) is 13.3. The molecule has 0 spiro atoms. The van der Waals surface area contributed by atoms with Crippen LogP contribution in [0.2, 0.25) is 0 Å². The largest absolute Gasteiger partial charge is 0.349 e. The van der Waals surface area contributed by atoms with Crippen molar-refractivity contribution in [2.45, 2.75) is 52.6 Å². The van der Waals surface area contributed by atoms with Crippen LogP contribution >= 0.6 is 11.3 Å². The minimum atomic E-state index is 0.0445. The standard InChI is InChI=1S/C17H22N4OS/c1-12-15(14(3)21(20-12)10-5-9-18)7-8-17(22)19-13(2)16-6-4-11-23-16/h4,6,11,13H,5,7-8,10H2,1-3H3,(H,19,22). The molecule has 0 aromatic carbocycles. The van der Waals surface area contributed by atoms with Gasteiger partial charge in [-0.2, -0.15) is 10.4 Å². The molecule has 2 heterocycles. The van der Waals surface area contributed by atoms with Gasteiger partial charge in [-0.1, -0.05) is 6.07 Å². The van der Waals surface area contributed by atoms with Gasteiger partial charge < -0.3 is 5.32 Å². The van der Waals surface area contributed by atoms with Crippen LogP contribution in [0, 0.1) is 25.2 Å². The van der Waals surface area contributed by atoms with Crippen molar-refractivity contribution in [3.8, 4) is 6.07 Å². The molecular weight excluding hydrogens is 308 g/mol. The lowest BCUT2D eigenvalue weighted by Gasteiger charge is -2.12. The first-order valence-corrected chi connectivity index (χ1v) is 8.63. The Balaban J connectivity index is 1.91. The zero-order chi connectivity index (χ0) is 16.8.